The Morgan fingerprint density at radius 3 is 2.68 bits per heavy atom. The maximum Gasteiger partial charge on any atom is 0.306 e. The summed E-state index contributed by atoms with van der Waals surface area (Å²) in [6, 6.07) is 5.92. The summed E-state index contributed by atoms with van der Waals surface area (Å²) in [7, 11) is 0. The second-order valence-electron chi connectivity index (χ2n) is 8.28. The first-order valence-corrected chi connectivity index (χ1v) is 11.2. The van der Waals surface area contributed by atoms with E-state index in [1.165, 1.54) is 6.20 Å². The van der Waals surface area contributed by atoms with E-state index in [4.69, 9.17) is 25.3 Å². The average molecular weight is 465 g/mol. The number of aromatic nitrogens is 3. The summed E-state index contributed by atoms with van der Waals surface area (Å²) < 4.78 is 5.35. The molecular weight excluding hydrogens is 436 g/mol. The SMILES string of the molecule is Cc1noc(C)c1-c1ccc2nc(C(C=NCCO)=CN)nc(N3CCC(C(=O)O)CC3)c2c1. The fourth-order valence-corrected chi connectivity index (χ4v) is 4.27. The van der Waals surface area contributed by atoms with Crippen LogP contribution in [0.25, 0.3) is 27.6 Å². The molecule has 3 heterocycles. The van der Waals surface area contributed by atoms with Gasteiger partial charge in [0.2, 0.25) is 0 Å². The van der Waals surface area contributed by atoms with Crippen molar-refractivity contribution in [3.63, 3.8) is 0 Å². The van der Waals surface area contributed by atoms with Crippen LogP contribution >= 0.6 is 0 Å². The van der Waals surface area contributed by atoms with Crippen LogP contribution in [0.3, 0.4) is 0 Å². The number of anilines is 1. The largest absolute Gasteiger partial charge is 0.481 e. The van der Waals surface area contributed by atoms with Crippen molar-refractivity contribution in [3.8, 4) is 11.1 Å². The number of carbonyl (C=O) groups is 1. The van der Waals surface area contributed by atoms with Crippen LogP contribution in [0, 0.1) is 19.8 Å². The average Bonchev–Trinajstić information content (AvgIpc) is 3.18. The number of rotatable bonds is 7. The molecule has 0 aliphatic carbocycles. The van der Waals surface area contributed by atoms with Gasteiger partial charge in [-0.15, -0.1) is 0 Å². The number of piperidine rings is 1. The lowest BCUT2D eigenvalue weighted by molar-refractivity contribution is -0.142. The highest BCUT2D eigenvalue weighted by Crippen LogP contribution is 2.34. The standard InChI is InChI=1S/C24H28N6O4/c1-14-21(15(2)34-29-14)17-3-4-20-19(11-17)23(30-8-5-16(6-9-30)24(32)33)28-22(27-20)18(12-25)13-26-7-10-31/h3-4,11-13,16,31H,5-10,25H2,1-2H3,(H,32,33). The molecule has 2 aromatic heterocycles. The predicted octanol–water partition coefficient (Wildman–Crippen LogP) is 2.57. The van der Waals surface area contributed by atoms with Crippen molar-refractivity contribution >= 4 is 34.5 Å². The fraction of sp³-hybridized carbons (Fsp3) is 0.375. The highest BCUT2D eigenvalue weighted by Gasteiger charge is 2.27. The minimum atomic E-state index is -0.762. The third-order valence-corrected chi connectivity index (χ3v) is 6.04. The number of allylic oxidation sites excluding steroid dienone is 1. The third-order valence-electron chi connectivity index (χ3n) is 6.04. The van der Waals surface area contributed by atoms with Crippen molar-refractivity contribution < 1.29 is 19.5 Å². The van der Waals surface area contributed by atoms with Crippen LogP contribution in [0.2, 0.25) is 0 Å². The van der Waals surface area contributed by atoms with Crippen molar-refractivity contribution in [2.45, 2.75) is 26.7 Å². The maximum atomic E-state index is 11.4. The molecule has 34 heavy (non-hydrogen) atoms. The van der Waals surface area contributed by atoms with E-state index in [0.717, 1.165) is 33.5 Å². The van der Waals surface area contributed by atoms with Gasteiger partial charge < -0.3 is 25.4 Å². The van der Waals surface area contributed by atoms with Crippen molar-refractivity contribution in [2.75, 3.05) is 31.1 Å². The van der Waals surface area contributed by atoms with Gasteiger partial charge in [-0.2, -0.15) is 0 Å². The first kappa shape index (κ1) is 23.4. The Morgan fingerprint density at radius 1 is 1.29 bits per heavy atom. The number of hydrogen-bond acceptors (Lipinski definition) is 9. The second-order valence-corrected chi connectivity index (χ2v) is 8.28. The number of aliphatic carboxylic acids is 1. The van der Waals surface area contributed by atoms with Crippen LogP contribution in [-0.4, -0.2) is 63.8 Å². The lowest BCUT2D eigenvalue weighted by Crippen LogP contribution is -2.37. The summed E-state index contributed by atoms with van der Waals surface area (Å²) in [5, 5.41) is 23.3. The summed E-state index contributed by atoms with van der Waals surface area (Å²) in [6.45, 7) is 5.09. The highest BCUT2D eigenvalue weighted by molar-refractivity contribution is 6.09. The lowest BCUT2D eigenvalue weighted by Gasteiger charge is -2.32. The number of hydrogen-bond donors (Lipinski definition) is 3. The van der Waals surface area contributed by atoms with Gasteiger partial charge in [0.25, 0.3) is 0 Å². The lowest BCUT2D eigenvalue weighted by atomic mass is 9.96. The molecule has 10 heteroatoms. The van der Waals surface area contributed by atoms with Gasteiger partial charge in [-0.1, -0.05) is 11.2 Å². The zero-order valence-electron chi connectivity index (χ0n) is 19.2. The van der Waals surface area contributed by atoms with Gasteiger partial charge in [0.1, 0.15) is 11.6 Å². The summed E-state index contributed by atoms with van der Waals surface area (Å²) in [5.74, 6) is 0.741. The van der Waals surface area contributed by atoms with E-state index in [1.807, 2.05) is 32.0 Å². The number of carboxylic acids is 1. The fourth-order valence-electron chi connectivity index (χ4n) is 4.27. The van der Waals surface area contributed by atoms with Gasteiger partial charge >= 0.3 is 5.97 Å². The maximum absolute atomic E-state index is 11.4. The monoisotopic (exact) mass is 464 g/mol. The number of aliphatic hydroxyl groups excluding tert-OH is 1. The Kier molecular flexibility index (Phi) is 6.87. The van der Waals surface area contributed by atoms with E-state index in [0.29, 0.717) is 43.1 Å². The van der Waals surface area contributed by atoms with Gasteiger partial charge in [-0.25, -0.2) is 9.97 Å². The number of nitrogens with zero attached hydrogens (tertiary/aromatic N) is 5. The molecule has 0 spiro atoms. The molecule has 0 atom stereocenters. The number of fused-ring (bicyclic) bond motifs is 1. The van der Waals surface area contributed by atoms with E-state index >= 15 is 0 Å². The number of carboxylic acid groups (broad SMARTS) is 1. The van der Waals surface area contributed by atoms with Crippen LogP contribution < -0.4 is 10.6 Å². The first-order valence-electron chi connectivity index (χ1n) is 11.2. The smallest absolute Gasteiger partial charge is 0.306 e. The Morgan fingerprint density at radius 2 is 2.06 bits per heavy atom. The minimum Gasteiger partial charge on any atom is -0.481 e. The van der Waals surface area contributed by atoms with E-state index in [-0.39, 0.29) is 19.1 Å². The second kappa shape index (κ2) is 10.0. The summed E-state index contributed by atoms with van der Waals surface area (Å²) >= 11 is 0. The predicted molar refractivity (Wildman–Crippen MR) is 130 cm³/mol. The number of aliphatic imine (C=N–C) groups is 1. The summed E-state index contributed by atoms with van der Waals surface area (Å²) in [4.78, 5) is 27.3. The van der Waals surface area contributed by atoms with E-state index in [9.17, 15) is 9.90 Å². The summed E-state index contributed by atoms with van der Waals surface area (Å²) in [5.41, 5.74) is 9.78. The molecule has 1 aliphatic heterocycles. The Bertz CT molecular complexity index is 1240. The highest BCUT2D eigenvalue weighted by atomic mass is 16.5. The van der Waals surface area contributed by atoms with Crippen LogP contribution in [0.4, 0.5) is 5.82 Å². The van der Waals surface area contributed by atoms with Crippen LogP contribution in [0.5, 0.6) is 0 Å². The Labute approximate surface area is 196 Å². The number of benzene rings is 1. The molecule has 178 valence electrons. The molecular formula is C24H28N6O4. The van der Waals surface area contributed by atoms with Crippen molar-refractivity contribution in [1.82, 2.24) is 15.1 Å². The summed E-state index contributed by atoms with van der Waals surface area (Å²) in [6.07, 6.45) is 4.02. The van der Waals surface area contributed by atoms with Crippen LogP contribution in [0.1, 0.15) is 30.1 Å². The van der Waals surface area contributed by atoms with Gasteiger partial charge in [-0.05, 0) is 44.4 Å². The number of aliphatic hydroxyl groups is 1. The van der Waals surface area contributed by atoms with Gasteiger partial charge in [0.15, 0.2) is 5.82 Å². The molecule has 1 saturated heterocycles. The quantitative estimate of drug-likeness (QED) is 0.448. The third kappa shape index (κ3) is 4.62. The van der Waals surface area contributed by atoms with Crippen LogP contribution in [-0.2, 0) is 4.79 Å². The van der Waals surface area contributed by atoms with E-state index in [1.54, 1.807) is 6.21 Å². The van der Waals surface area contributed by atoms with Crippen molar-refractivity contribution in [3.05, 3.63) is 41.7 Å². The van der Waals surface area contributed by atoms with Gasteiger partial charge in [-0.3, -0.25) is 9.79 Å². The molecule has 1 fully saturated rings. The first-order chi connectivity index (χ1) is 16.4. The molecule has 0 bridgehead atoms. The van der Waals surface area contributed by atoms with Crippen molar-refractivity contribution in [1.29, 1.82) is 0 Å². The topological polar surface area (TPSA) is 151 Å². The minimum absolute atomic E-state index is 0.0683. The molecule has 0 unspecified atom stereocenters. The zero-order valence-corrected chi connectivity index (χ0v) is 19.2. The number of aryl methyl sites for hydroxylation is 2. The van der Waals surface area contributed by atoms with Crippen LogP contribution in [0.15, 0.2) is 33.9 Å². The van der Waals surface area contributed by atoms with Gasteiger partial charge in [0.05, 0.1) is 35.9 Å². The molecule has 0 saturated carbocycles. The van der Waals surface area contributed by atoms with E-state index < -0.39 is 5.97 Å². The van der Waals surface area contributed by atoms with Gasteiger partial charge in [0, 0.05) is 36.5 Å². The normalized spacial score (nSPS) is 15.5. The molecule has 10 nitrogen and oxygen atoms in total. The number of nitrogens with two attached hydrogens (primary N) is 1. The molecule has 0 radical (unpaired) electrons. The molecule has 1 aliphatic rings. The zero-order chi connectivity index (χ0) is 24.2. The Hall–Kier alpha value is -3.79. The molecule has 4 N–H and O–H groups in total. The molecule has 3 aromatic rings. The molecule has 0 amide bonds. The van der Waals surface area contributed by atoms with E-state index in [2.05, 4.69) is 15.0 Å². The molecule has 1 aromatic carbocycles. The van der Waals surface area contributed by atoms with Crippen molar-refractivity contribution in [2.24, 2.45) is 16.6 Å². The molecule has 4 rings (SSSR count). The Balaban J connectivity index is 1.83.